The molecular weight excluding hydrogens is 486 g/mol. The molecule has 0 aliphatic carbocycles. The lowest BCUT2D eigenvalue weighted by atomic mass is 10.1. The highest BCUT2D eigenvalue weighted by Gasteiger charge is 2.29. The molecule has 0 saturated heterocycles. The van der Waals surface area contributed by atoms with Gasteiger partial charge in [0, 0.05) is 34.6 Å². The van der Waals surface area contributed by atoms with Crippen LogP contribution < -0.4 is 10.6 Å². The molecule has 8 nitrogen and oxygen atoms in total. The van der Waals surface area contributed by atoms with Gasteiger partial charge in [0.05, 0.1) is 16.6 Å². The van der Waals surface area contributed by atoms with Crippen LogP contribution in [0.2, 0.25) is 0 Å². The van der Waals surface area contributed by atoms with Gasteiger partial charge < -0.3 is 15.5 Å². The Morgan fingerprint density at radius 2 is 1.97 bits per heavy atom. The Morgan fingerprint density at radius 3 is 2.78 bits per heavy atom. The maximum atomic E-state index is 13.3. The van der Waals surface area contributed by atoms with Gasteiger partial charge in [-0.25, -0.2) is 0 Å². The van der Waals surface area contributed by atoms with Crippen molar-refractivity contribution >= 4 is 45.6 Å². The summed E-state index contributed by atoms with van der Waals surface area (Å²) in [6.07, 6.45) is 2.83. The monoisotopic (exact) mass is 515 g/mol. The van der Waals surface area contributed by atoms with E-state index in [2.05, 4.69) is 20.8 Å². The van der Waals surface area contributed by atoms with Gasteiger partial charge in [0.2, 0.25) is 5.91 Å². The summed E-state index contributed by atoms with van der Waals surface area (Å²) < 4.78 is 0. The van der Waals surface area contributed by atoms with Crippen LogP contribution in [0.25, 0.3) is 10.9 Å². The van der Waals surface area contributed by atoms with E-state index in [0.717, 1.165) is 38.2 Å². The van der Waals surface area contributed by atoms with Crippen molar-refractivity contribution in [1.82, 2.24) is 20.4 Å². The zero-order chi connectivity index (χ0) is 26.1. The number of nitrogens with zero attached hydrogens (tertiary/aromatic N) is 2. The minimum atomic E-state index is -0.625. The summed E-state index contributed by atoms with van der Waals surface area (Å²) in [5, 5.41) is 13.6. The molecule has 190 valence electrons. The first-order valence-corrected chi connectivity index (χ1v) is 13.2. The van der Waals surface area contributed by atoms with Crippen LogP contribution in [0.15, 0.2) is 48.7 Å². The summed E-state index contributed by atoms with van der Waals surface area (Å²) in [5.74, 6) is -0.542. The zero-order valence-electron chi connectivity index (χ0n) is 21.1. The molecule has 1 aliphatic heterocycles. The minimum absolute atomic E-state index is 0.113. The van der Waals surface area contributed by atoms with E-state index >= 15 is 0 Å². The highest BCUT2D eigenvalue weighted by Crippen LogP contribution is 2.30. The zero-order valence-corrected chi connectivity index (χ0v) is 21.9. The molecule has 9 heteroatoms. The largest absolute Gasteiger partial charge is 0.340 e. The first kappa shape index (κ1) is 24.7. The van der Waals surface area contributed by atoms with Gasteiger partial charge in [-0.2, -0.15) is 5.10 Å². The van der Waals surface area contributed by atoms with E-state index in [-0.39, 0.29) is 17.7 Å². The Bertz CT molecular complexity index is 1500. The summed E-state index contributed by atoms with van der Waals surface area (Å²) >= 11 is 1.48. The van der Waals surface area contributed by atoms with Crippen LogP contribution in [0.1, 0.15) is 54.9 Å². The minimum Gasteiger partial charge on any atom is -0.340 e. The number of fused-ring (bicyclic) bond motifs is 2. The number of benzene rings is 2. The molecule has 3 N–H and O–H groups in total. The van der Waals surface area contributed by atoms with Crippen LogP contribution in [0.5, 0.6) is 0 Å². The van der Waals surface area contributed by atoms with Crippen molar-refractivity contribution in [3.8, 4) is 0 Å². The fourth-order valence-electron chi connectivity index (χ4n) is 4.59. The molecule has 0 saturated carbocycles. The van der Waals surface area contributed by atoms with Gasteiger partial charge in [0.25, 0.3) is 11.8 Å². The number of nitrogens with one attached hydrogen (secondary N) is 3. The third-order valence-corrected chi connectivity index (χ3v) is 8.20. The topological polar surface area (TPSA) is 107 Å². The predicted octanol–water partition coefficient (Wildman–Crippen LogP) is 4.59. The molecule has 2 aromatic carbocycles. The van der Waals surface area contributed by atoms with Gasteiger partial charge in [0.15, 0.2) is 0 Å². The molecule has 5 rings (SSSR count). The molecule has 37 heavy (non-hydrogen) atoms. The summed E-state index contributed by atoms with van der Waals surface area (Å²) in [6, 6.07) is 12.4. The maximum Gasteiger partial charge on any atom is 0.265 e. The standard InChI is InChI=1S/C28H29N5O3S/c1-4-21(30-26(34)18-8-9-23-19(12-18)14-29-32-23)28(36)33-11-10-24-20(15-33)13-25(37-24)27(35)31-22-7-5-6-16(2)17(22)3/h5-9,12-14,21H,4,10-11,15H2,1-3H3,(H,29,32)(H,30,34)(H,31,35)/t21-/m1/s1. The summed E-state index contributed by atoms with van der Waals surface area (Å²) in [7, 11) is 0. The number of hydrogen-bond donors (Lipinski definition) is 3. The van der Waals surface area contributed by atoms with Gasteiger partial charge in [-0.15, -0.1) is 11.3 Å². The van der Waals surface area contributed by atoms with E-state index in [0.29, 0.717) is 36.4 Å². The van der Waals surface area contributed by atoms with Gasteiger partial charge in [-0.3, -0.25) is 19.5 Å². The van der Waals surface area contributed by atoms with E-state index in [1.54, 1.807) is 29.3 Å². The van der Waals surface area contributed by atoms with Crippen molar-refractivity contribution < 1.29 is 14.4 Å². The quantitative estimate of drug-likeness (QED) is 0.349. The Labute approximate surface area is 219 Å². The van der Waals surface area contributed by atoms with E-state index in [1.165, 1.54) is 11.3 Å². The average molecular weight is 516 g/mol. The third kappa shape index (κ3) is 4.99. The highest BCUT2D eigenvalue weighted by molar-refractivity contribution is 7.14. The summed E-state index contributed by atoms with van der Waals surface area (Å²) in [5.41, 5.74) is 5.30. The van der Waals surface area contributed by atoms with E-state index < -0.39 is 6.04 Å². The molecule has 3 amide bonds. The third-order valence-electron chi connectivity index (χ3n) is 6.97. The van der Waals surface area contributed by atoms with Crippen molar-refractivity contribution in [2.24, 2.45) is 0 Å². The van der Waals surface area contributed by atoms with E-state index in [9.17, 15) is 14.4 Å². The average Bonchev–Trinajstić information content (AvgIpc) is 3.55. The van der Waals surface area contributed by atoms with Crippen LogP contribution in [0.4, 0.5) is 5.69 Å². The second-order valence-corrected chi connectivity index (χ2v) is 10.5. The van der Waals surface area contributed by atoms with Gasteiger partial charge in [-0.1, -0.05) is 19.1 Å². The Kier molecular flexibility index (Phi) is 6.80. The normalized spacial score (nSPS) is 13.8. The lowest BCUT2D eigenvalue weighted by molar-refractivity contribution is -0.134. The van der Waals surface area contributed by atoms with E-state index in [1.807, 2.05) is 45.0 Å². The van der Waals surface area contributed by atoms with Crippen molar-refractivity contribution in [1.29, 1.82) is 0 Å². The summed E-state index contributed by atoms with van der Waals surface area (Å²) in [6.45, 7) is 6.88. The number of aromatic amines is 1. The first-order chi connectivity index (χ1) is 17.8. The van der Waals surface area contributed by atoms with Gasteiger partial charge >= 0.3 is 0 Å². The Hall–Kier alpha value is -3.98. The number of carbonyl (C=O) groups is 3. The number of aryl methyl sites for hydroxylation is 1. The van der Waals surface area contributed by atoms with Crippen LogP contribution >= 0.6 is 11.3 Å². The highest BCUT2D eigenvalue weighted by atomic mass is 32.1. The second-order valence-electron chi connectivity index (χ2n) is 9.38. The van der Waals surface area contributed by atoms with Gasteiger partial charge in [0.1, 0.15) is 6.04 Å². The second kappa shape index (κ2) is 10.2. The predicted molar refractivity (Wildman–Crippen MR) is 145 cm³/mol. The van der Waals surface area contributed by atoms with Crippen LogP contribution in [-0.2, 0) is 17.8 Å². The molecule has 2 aromatic heterocycles. The van der Waals surface area contributed by atoms with Gasteiger partial charge in [-0.05, 0) is 73.7 Å². The number of amides is 3. The van der Waals surface area contributed by atoms with Crippen LogP contribution in [-0.4, -0.2) is 45.4 Å². The fourth-order valence-corrected chi connectivity index (χ4v) is 5.65. The molecule has 0 unspecified atom stereocenters. The Morgan fingerprint density at radius 1 is 1.14 bits per heavy atom. The first-order valence-electron chi connectivity index (χ1n) is 12.4. The number of H-pyrrole nitrogens is 1. The fraction of sp³-hybridized carbons (Fsp3) is 0.286. The molecule has 0 spiro atoms. The number of anilines is 1. The number of carbonyl (C=O) groups excluding carboxylic acids is 3. The number of aromatic nitrogens is 2. The molecule has 0 fully saturated rings. The van der Waals surface area contributed by atoms with Crippen molar-refractivity contribution in [2.45, 2.75) is 46.2 Å². The number of thiophene rings is 1. The maximum absolute atomic E-state index is 13.3. The van der Waals surface area contributed by atoms with Crippen LogP contribution in [0.3, 0.4) is 0 Å². The lowest BCUT2D eigenvalue weighted by Crippen LogP contribution is -2.49. The molecule has 1 aliphatic rings. The molecule has 0 bridgehead atoms. The molecule has 3 heterocycles. The van der Waals surface area contributed by atoms with E-state index in [4.69, 9.17) is 0 Å². The number of hydrogen-bond acceptors (Lipinski definition) is 5. The van der Waals surface area contributed by atoms with Crippen molar-refractivity contribution in [3.05, 3.63) is 80.7 Å². The molecular formula is C28H29N5O3S. The van der Waals surface area contributed by atoms with Crippen molar-refractivity contribution in [3.63, 3.8) is 0 Å². The SMILES string of the molecule is CC[C@@H](NC(=O)c1ccc2[nH]ncc2c1)C(=O)N1CCc2sc(C(=O)Nc3cccc(C)c3C)cc2C1. The smallest absolute Gasteiger partial charge is 0.265 e. The van der Waals surface area contributed by atoms with Crippen LogP contribution in [0, 0.1) is 13.8 Å². The lowest BCUT2D eigenvalue weighted by Gasteiger charge is -2.30. The number of rotatable bonds is 6. The summed E-state index contributed by atoms with van der Waals surface area (Å²) in [4.78, 5) is 42.7. The van der Waals surface area contributed by atoms with Crippen molar-refractivity contribution in [2.75, 3.05) is 11.9 Å². The molecule has 0 radical (unpaired) electrons. The Balaban J connectivity index is 1.25. The molecule has 4 aromatic rings. The molecule has 1 atom stereocenters.